The Morgan fingerprint density at radius 1 is 0.725 bits per heavy atom. The molecule has 0 atom stereocenters. The minimum atomic E-state index is -4.76. The molecule has 8 N–H and O–H groups in total. The monoisotopic (exact) mass is 606 g/mol. The molecule has 2 aromatic carbocycles. The number of anilines is 6. The number of hydrogen-bond acceptors (Lipinski definition) is 14. The minimum Gasteiger partial charge on any atom is -0.368 e. The van der Waals surface area contributed by atoms with Crippen LogP contribution in [-0.4, -0.2) is 55.8 Å². The number of halogens is 1. The zero-order chi connectivity index (χ0) is 29.2. The van der Waals surface area contributed by atoms with Gasteiger partial charge in [-0.2, -0.15) is 46.7 Å². The van der Waals surface area contributed by atoms with Crippen molar-refractivity contribution in [2.45, 2.75) is 16.7 Å². The van der Waals surface area contributed by atoms with E-state index in [1.807, 2.05) is 0 Å². The average molecular weight is 607 g/mol. The summed E-state index contributed by atoms with van der Waals surface area (Å²) in [5.41, 5.74) is 11.5. The zero-order valence-corrected chi connectivity index (χ0v) is 22.6. The number of nitrogens with two attached hydrogens (primary N) is 2. The lowest BCUT2D eigenvalue weighted by atomic mass is 10.1. The molecule has 4 aromatic rings. The Morgan fingerprint density at radius 2 is 1.18 bits per heavy atom. The highest BCUT2D eigenvalue weighted by molar-refractivity contribution is 7.86. The predicted octanol–water partition coefficient (Wildman–Crippen LogP) is 2.33. The molecule has 19 heteroatoms. The molecule has 208 valence electrons. The summed E-state index contributed by atoms with van der Waals surface area (Å²) in [6.45, 7) is 1.59. The normalized spacial score (nSPS) is 12.0. The standard InChI is InChI=1S/C21H19ClN10O6S2/c1-10-25-18(23)31-20(26-10)27-13-6-4-11(15(8-13)39(33,34)35)2-3-12-5-7-14(9-16(12)40(36,37)38)28-21-30-17(22)29-19(24)32-21/h2-9H,1H3,(H,33,34,35)(H,36,37,38)(H3,23,25,26,27,31)(H3,24,28,29,30,32)/b3-2+. The Kier molecular flexibility index (Phi) is 7.80. The van der Waals surface area contributed by atoms with Gasteiger partial charge in [0.25, 0.3) is 20.2 Å². The number of nitrogens with zero attached hydrogens (tertiary/aromatic N) is 6. The molecule has 0 unspecified atom stereocenters. The molecule has 2 aromatic heterocycles. The third-order valence-electron chi connectivity index (χ3n) is 4.93. The first-order valence-electron chi connectivity index (χ1n) is 10.8. The van der Waals surface area contributed by atoms with Crippen LogP contribution in [0.15, 0.2) is 46.2 Å². The molecule has 0 fully saturated rings. The van der Waals surface area contributed by atoms with Crippen molar-refractivity contribution < 1.29 is 25.9 Å². The van der Waals surface area contributed by atoms with Gasteiger partial charge in [0, 0.05) is 11.4 Å². The first-order valence-corrected chi connectivity index (χ1v) is 14.0. The van der Waals surface area contributed by atoms with Crippen LogP contribution < -0.4 is 22.1 Å². The quantitative estimate of drug-likeness (QED) is 0.124. The predicted molar refractivity (Wildman–Crippen MR) is 146 cm³/mol. The molecule has 40 heavy (non-hydrogen) atoms. The molecule has 0 saturated carbocycles. The molecule has 2 heterocycles. The number of nitrogens with one attached hydrogen (secondary N) is 2. The number of aryl methyl sites for hydroxylation is 1. The molecule has 0 radical (unpaired) electrons. The van der Waals surface area contributed by atoms with Gasteiger partial charge in [-0.05, 0) is 53.9 Å². The van der Waals surface area contributed by atoms with Crippen LogP contribution in [0.4, 0.5) is 35.2 Å². The smallest absolute Gasteiger partial charge is 0.295 e. The fourth-order valence-electron chi connectivity index (χ4n) is 3.36. The first-order chi connectivity index (χ1) is 18.7. The lowest BCUT2D eigenvalue weighted by molar-refractivity contribution is 0.480. The van der Waals surface area contributed by atoms with Gasteiger partial charge in [-0.3, -0.25) is 9.11 Å². The van der Waals surface area contributed by atoms with Gasteiger partial charge in [0.05, 0.1) is 0 Å². The molecule has 0 bridgehead atoms. The zero-order valence-electron chi connectivity index (χ0n) is 20.2. The van der Waals surface area contributed by atoms with Gasteiger partial charge in [0.1, 0.15) is 15.6 Å². The van der Waals surface area contributed by atoms with Crippen molar-refractivity contribution in [3.8, 4) is 0 Å². The molecule has 16 nitrogen and oxygen atoms in total. The third kappa shape index (κ3) is 7.12. The van der Waals surface area contributed by atoms with Crippen LogP contribution in [-0.2, 0) is 20.2 Å². The summed E-state index contributed by atoms with van der Waals surface area (Å²) in [4.78, 5) is 22.0. The Balaban J connectivity index is 1.69. The topological polar surface area (TPSA) is 262 Å². The SMILES string of the molecule is Cc1nc(N)nc(Nc2ccc(/C=C/c3ccc(Nc4nc(N)nc(Cl)n4)cc3S(=O)(=O)O)c(S(=O)(=O)O)c2)n1. The highest BCUT2D eigenvalue weighted by Crippen LogP contribution is 2.28. The van der Waals surface area contributed by atoms with E-state index in [0.29, 0.717) is 5.82 Å². The summed E-state index contributed by atoms with van der Waals surface area (Å²) in [7, 11) is -9.50. The molecule has 0 aliphatic carbocycles. The molecule has 0 spiro atoms. The van der Waals surface area contributed by atoms with Gasteiger partial charge in [-0.25, -0.2) is 0 Å². The van der Waals surface area contributed by atoms with E-state index in [1.54, 1.807) is 6.92 Å². The summed E-state index contributed by atoms with van der Waals surface area (Å²) in [6.07, 6.45) is 2.47. The van der Waals surface area contributed by atoms with Crippen LogP contribution >= 0.6 is 11.6 Å². The molecule has 0 saturated heterocycles. The summed E-state index contributed by atoms with van der Waals surface area (Å²) >= 11 is 5.75. The average Bonchev–Trinajstić information content (AvgIpc) is 2.81. The van der Waals surface area contributed by atoms with Gasteiger partial charge in [-0.1, -0.05) is 24.3 Å². The van der Waals surface area contributed by atoms with Gasteiger partial charge >= 0.3 is 0 Å². The Hall–Kier alpha value is -4.49. The van der Waals surface area contributed by atoms with Gasteiger partial charge in [0.2, 0.25) is 29.1 Å². The highest BCUT2D eigenvalue weighted by Gasteiger charge is 2.18. The van der Waals surface area contributed by atoms with Crippen LogP contribution in [0.5, 0.6) is 0 Å². The van der Waals surface area contributed by atoms with Crippen molar-refractivity contribution in [3.05, 3.63) is 58.6 Å². The maximum atomic E-state index is 12.1. The Bertz CT molecular complexity index is 1690. The van der Waals surface area contributed by atoms with Gasteiger partial charge < -0.3 is 22.1 Å². The molecule has 0 amide bonds. The van der Waals surface area contributed by atoms with Crippen molar-refractivity contribution in [2.75, 3.05) is 22.1 Å². The third-order valence-corrected chi connectivity index (χ3v) is 6.92. The minimum absolute atomic E-state index is 0.00168. The number of rotatable bonds is 8. The van der Waals surface area contributed by atoms with E-state index >= 15 is 0 Å². The van der Waals surface area contributed by atoms with Crippen molar-refractivity contribution in [2.24, 2.45) is 0 Å². The number of hydrogen-bond donors (Lipinski definition) is 6. The van der Waals surface area contributed by atoms with Crippen molar-refractivity contribution in [3.63, 3.8) is 0 Å². The number of aromatic nitrogens is 6. The molecular weight excluding hydrogens is 588 g/mol. The maximum Gasteiger partial charge on any atom is 0.295 e. The maximum absolute atomic E-state index is 12.1. The first kappa shape index (κ1) is 28.5. The Labute approximate surface area is 232 Å². The van der Waals surface area contributed by atoms with Crippen LogP contribution in [0.2, 0.25) is 5.28 Å². The second kappa shape index (κ2) is 10.9. The van der Waals surface area contributed by atoms with Crippen LogP contribution in [0.3, 0.4) is 0 Å². The lowest BCUT2D eigenvalue weighted by Crippen LogP contribution is -2.06. The second-order valence-electron chi connectivity index (χ2n) is 7.89. The van der Waals surface area contributed by atoms with E-state index in [-0.39, 0.29) is 51.6 Å². The van der Waals surface area contributed by atoms with E-state index in [0.717, 1.165) is 12.1 Å². The van der Waals surface area contributed by atoms with Gasteiger partial charge in [0.15, 0.2) is 0 Å². The largest absolute Gasteiger partial charge is 0.368 e. The Morgan fingerprint density at radius 3 is 1.60 bits per heavy atom. The van der Waals surface area contributed by atoms with Crippen LogP contribution in [0.1, 0.15) is 17.0 Å². The fraction of sp³-hybridized carbons (Fsp3) is 0.0476. The van der Waals surface area contributed by atoms with E-state index < -0.39 is 30.0 Å². The molecular formula is C21H19ClN10O6S2. The molecule has 4 rings (SSSR count). The summed E-state index contributed by atoms with van der Waals surface area (Å²) in [6, 6.07) is 7.77. The molecule has 0 aliphatic heterocycles. The van der Waals surface area contributed by atoms with Crippen molar-refractivity contribution in [1.82, 2.24) is 29.9 Å². The van der Waals surface area contributed by atoms with E-state index in [4.69, 9.17) is 23.1 Å². The van der Waals surface area contributed by atoms with Crippen molar-refractivity contribution >= 4 is 79.2 Å². The lowest BCUT2D eigenvalue weighted by Gasteiger charge is -2.10. The highest BCUT2D eigenvalue weighted by atomic mass is 35.5. The molecule has 0 aliphatic rings. The van der Waals surface area contributed by atoms with E-state index in [2.05, 4.69) is 40.5 Å². The summed E-state index contributed by atoms with van der Waals surface area (Å²) < 4.78 is 68.1. The van der Waals surface area contributed by atoms with E-state index in [1.165, 1.54) is 36.4 Å². The summed E-state index contributed by atoms with van der Waals surface area (Å²) in [5, 5.41) is 5.26. The second-order valence-corrected chi connectivity index (χ2v) is 11.0. The number of nitrogen functional groups attached to an aromatic ring is 2. The number of benzene rings is 2. The fourth-order valence-corrected chi connectivity index (χ4v) is 4.95. The van der Waals surface area contributed by atoms with Crippen LogP contribution in [0.25, 0.3) is 12.2 Å². The van der Waals surface area contributed by atoms with Crippen molar-refractivity contribution in [1.29, 1.82) is 0 Å². The van der Waals surface area contributed by atoms with Crippen LogP contribution in [0, 0.1) is 6.92 Å². The summed E-state index contributed by atoms with van der Waals surface area (Å²) in [5.74, 6) is 0.0514. The van der Waals surface area contributed by atoms with E-state index in [9.17, 15) is 25.9 Å². The van der Waals surface area contributed by atoms with Gasteiger partial charge in [-0.15, -0.1) is 0 Å².